The van der Waals surface area contributed by atoms with E-state index >= 15 is 0 Å². The molecule has 1 aromatic heterocycles. The van der Waals surface area contributed by atoms with Crippen molar-refractivity contribution in [3.05, 3.63) is 17.0 Å². The monoisotopic (exact) mass is 331 g/mol. The van der Waals surface area contributed by atoms with Gasteiger partial charge in [0.15, 0.2) is 0 Å². The van der Waals surface area contributed by atoms with Gasteiger partial charge in [0.1, 0.15) is 4.21 Å². The van der Waals surface area contributed by atoms with Gasteiger partial charge in [-0.1, -0.05) is 6.92 Å². The summed E-state index contributed by atoms with van der Waals surface area (Å²) in [5, 5.41) is 0. The molecule has 0 atom stereocenters. The lowest BCUT2D eigenvalue weighted by Gasteiger charge is -2.31. The molecule has 21 heavy (non-hydrogen) atoms. The number of nitrogens with one attached hydrogen (secondary N) is 1. The summed E-state index contributed by atoms with van der Waals surface area (Å²) in [6.07, 6.45) is 3.66. The second-order valence-electron chi connectivity index (χ2n) is 5.50. The Hall–Kier alpha value is -0.470. The standard InChI is InChI=1S/C14H25N3O2S2/c1-2-9-17-10-6-12(7-11-17)16-21(18,19)14-4-3-13(20-14)5-8-15/h3-4,12,16H,2,5-11,15H2,1H3. The Balaban J connectivity index is 1.92. The molecular formula is C14H25N3O2S2. The summed E-state index contributed by atoms with van der Waals surface area (Å²) in [7, 11) is -3.38. The highest BCUT2D eigenvalue weighted by atomic mass is 32.2. The van der Waals surface area contributed by atoms with Crippen LogP contribution in [0.4, 0.5) is 0 Å². The van der Waals surface area contributed by atoms with E-state index in [0.29, 0.717) is 10.8 Å². The van der Waals surface area contributed by atoms with Gasteiger partial charge in [0.25, 0.3) is 0 Å². The van der Waals surface area contributed by atoms with E-state index in [4.69, 9.17) is 5.73 Å². The minimum Gasteiger partial charge on any atom is -0.330 e. The molecule has 7 heteroatoms. The smallest absolute Gasteiger partial charge is 0.250 e. The summed E-state index contributed by atoms with van der Waals surface area (Å²) >= 11 is 1.32. The largest absolute Gasteiger partial charge is 0.330 e. The van der Waals surface area contributed by atoms with Gasteiger partial charge in [0, 0.05) is 10.9 Å². The number of piperidine rings is 1. The molecule has 0 amide bonds. The van der Waals surface area contributed by atoms with E-state index in [-0.39, 0.29) is 6.04 Å². The zero-order chi connectivity index (χ0) is 15.3. The van der Waals surface area contributed by atoms with Crippen LogP contribution in [0.25, 0.3) is 0 Å². The Morgan fingerprint density at radius 1 is 1.38 bits per heavy atom. The molecular weight excluding hydrogens is 306 g/mol. The van der Waals surface area contributed by atoms with Crippen molar-refractivity contribution in [3.8, 4) is 0 Å². The molecule has 1 aromatic rings. The Kier molecular flexibility index (Phi) is 6.19. The number of sulfonamides is 1. The van der Waals surface area contributed by atoms with Crippen LogP contribution in [-0.4, -0.2) is 45.5 Å². The molecule has 1 aliphatic rings. The Labute approximate surface area is 131 Å². The first-order valence-electron chi connectivity index (χ1n) is 7.58. The number of hydrogen-bond acceptors (Lipinski definition) is 5. The summed E-state index contributed by atoms with van der Waals surface area (Å²) in [6.45, 7) is 5.77. The number of likely N-dealkylation sites (tertiary alicyclic amines) is 1. The highest BCUT2D eigenvalue weighted by Gasteiger charge is 2.25. The number of hydrogen-bond donors (Lipinski definition) is 2. The number of nitrogens with two attached hydrogens (primary N) is 1. The van der Waals surface area contributed by atoms with Crippen molar-refractivity contribution in [1.82, 2.24) is 9.62 Å². The molecule has 5 nitrogen and oxygen atoms in total. The minimum absolute atomic E-state index is 0.0585. The number of rotatable bonds is 7. The summed E-state index contributed by atoms with van der Waals surface area (Å²) in [6, 6.07) is 3.60. The molecule has 0 unspecified atom stereocenters. The molecule has 1 aliphatic heterocycles. The van der Waals surface area contributed by atoms with Gasteiger partial charge in [-0.05, 0) is 64.0 Å². The third-order valence-electron chi connectivity index (χ3n) is 3.74. The van der Waals surface area contributed by atoms with Gasteiger partial charge in [0.2, 0.25) is 10.0 Å². The number of nitrogens with zero attached hydrogens (tertiary/aromatic N) is 1. The van der Waals surface area contributed by atoms with E-state index in [1.54, 1.807) is 6.07 Å². The quantitative estimate of drug-likeness (QED) is 0.792. The maximum Gasteiger partial charge on any atom is 0.250 e. The third kappa shape index (κ3) is 4.75. The van der Waals surface area contributed by atoms with E-state index in [1.807, 2.05) is 6.07 Å². The first kappa shape index (κ1) is 16.9. The Bertz CT molecular complexity index is 534. The normalized spacial score (nSPS) is 18.2. The lowest BCUT2D eigenvalue weighted by atomic mass is 10.1. The molecule has 0 spiro atoms. The van der Waals surface area contributed by atoms with Crippen molar-refractivity contribution in [2.24, 2.45) is 5.73 Å². The zero-order valence-electron chi connectivity index (χ0n) is 12.5. The predicted molar refractivity (Wildman–Crippen MR) is 87.2 cm³/mol. The minimum atomic E-state index is -3.38. The van der Waals surface area contributed by atoms with Crippen LogP contribution in [0.15, 0.2) is 16.3 Å². The topological polar surface area (TPSA) is 75.4 Å². The zero-order valence-corrected chi connectivity index (χ0v) is 14.2. The highest BCUT2D eigenvalue weighted by molar-refractivity contribution is 7.91. The number of thiophene rings is 1. The molecule has 0 aliphatic carbocycles. The van der Waals surface area contributed by atoms with Crippen LogP contribution in [0, 0.1) is 0 Å². The summed E-state index contributed by atoms with van der Waals surface area (Å²) in [5.41, 5.74) is 5.50. The van der Waals surface area contributed by atoms with E-state index in [0.717, 1.165) is 50.2 Å². The van der Waals surface area contributed by atoms with Gasteiger partial charge < -0.3 is 10.6 Å². The molecule has 2 rings (SSSR count). The fourth-order valence-corrected chi connectivity index (χ4v) is 5.34. The molecule has 0 bridgehead atoms. The average Bonchev–Trinajstić information content (AvgIpc) is 2.91. The van der Waals surface area contributed by atoms with Crippen molar-refractivity contribution in [1.29, 1.82) is 0 Å². The van der Waals surface area contributed by atoms with Crippen molar-refractivity contribution < 1.29 is 8.42 Å². The van der Waals surface area contributed by atoms with Crippen LogP contribution in [0.1, 0.15) is 31.1 Å². The van der Waals surface area contributed by atoms with Crippen LogP contribution in [-0.2, 0) is 16.4 Å². The molecule has 0 radical (unpaired) electrons. The van der Waals surface area contributed by atoms with Gasteiger partial charge in [-0.2, -0.15) is 0 Å². The van der Waals surface area contributed by atoms with Crippen molar-refractivity contribution in [2.45, 2.75) is 42.9 Å². The van der Waals surface area contributed by atoms with Crippen LogP contribution in [0.3, 0.4) is 0 Å². The SMILES string of the molecule is CCCN1CCC(NS(=O)(=O)c2ccc(CCN)s2)CC1. The maximum absolute atomic E-state index is 12.4. The van der Waals surface area contributed by atoms with Crippen LogP contribution < -0.4 is 10.5 Å². The Morgan fingerprint density at radius 3 is 2.71 bits per heavy atom. The van der Waals surface area contributed by atoms with Gasteiger partial charge >= 0.3 is 0 Å². The maximum atomic E-state index is 12.4. The Morgan fingerprint density at radius 2 is 2.10 bits per heavy atom. The fraction of sp³-hybridized carbons (Fsp3) is 0.714. The van der Waals surface area contributed by atoms with Crippen molar-refractivity contribution in [2.75, 3.05) is 26.2 Å². The molecule has 1 fully saturated rings. The first-order chi connectivity index (χ1) is 10.0. The van der Waals surface area contributed by atoms with E-state index < -0.39 is 10.0 Å². The summed E-state index contributed by atoms with van der Waals surface area (Å²) < 4.78 is 28.0. The lowest BCUT2D eigenvalue weighted by Crippen LogP contribution is -2.44. The molecule has 0 saturated carbocycles. The molecule has 3 N–H and O–H groups in total. The van der Waals surface area contributed by atoms with Crippen LogP contribution >= 0.6 is 11.3 Å². The lowest BCUT2D eigenvalue weighted by molar-refractivity contribution is 0.208. The fourth-order valence-electron chi connectivity index (χ4n) is 2.65. The first-order valence-corrected chi connectivity index (χ1v) is 9.88. The predicted octanol–water partition coefficient (Wildman–Crippen LogP) is 1.40. The molecule has 0 aromatic carbocycles. The van der Waals surface area contributed by atoms with Gasteiger partial charge in [-0.15, -0.1) is 11.3 Å². The second kappa shape index (κ2) is 7.69. The molecule has 120 valence electrons. The second-order valence-corrected chi connectivity index (χ2v) is 8.61. The molecule has 2 heterocycles. The third-order valence-corrected chi connectivity index (χ3v) is 6.90. The van der Waals surface area contributed by atoms with Gasteiger partial charge in [0.05, 0.1) is 0 Å². The van der Waals surface area contributed by atoms with E-state index in [2.05, 4.69) is 16.5 Å². The van der Waals surface area contributed by atoms with Crippen LogP contribution in [0.2, 0.25) is 0 Å². The van der Waals surface area contributed by atoms with Gasteiger partial charge in [-0.3, -0.25) is 0 Å². The van der Waals surface area contributed by atoms with Gasteiger partial charge in [-0.25, -0.2) is 13.1 Å². The van der Waals surface area contributed by atoms with Crippen molar-refractivity contribution in [3.63, 3.8) is 0 Å². The van der Waals surface area contributed by atoms with E-state index in [9.17, 15) is 8.42 Å². The summed E-state index contributed by atoms with van der Waals surface area (Å²) in [5.74, 6) is 0. The van der Waals surface area contributed by atoms with E-state index in [1.165, 1.54) is 11.3 Å². The average molecular weight is 332 g/mol. The van der Waals surface area contributed by atoms with Crippen molar-refractivity contribution >= 4 is 21.4 Å². The highest BCUT2D eigenvalue weighted by Crippen LogP contribution is 2.23. The summed E-state index contributed by atoms with van der Waals surface area (Å²) in [4.78, 5) is 3.42. The molecule has 1 saturated heterocycles. The van der Waals surface area contributed by atoms with Crippen LogP contribution in [0.5, 0.6) is 0 Å².